The molecule has 1 atom stereocenters. The zero-order valence-corrected chi connectivity index (χ0v) is 10.7. The lowest BCUT2D eigenvalue weighted by Crippen LogP contribution is -2.17. The normalized spacial score (nSPS) is 20.1. The molecule has 5 heteroatoms. The van der Waals surface area contributed by atoms with Crippen molar-refractivity contribution in [3.05, 3.63) is 0 Å². The van der Waals surface area contributed by atoms with E-state index in [0.29, 0.717) is 32.3 Å². The lowest BCUT2D eigenvalue weighted by molar-refractivity contribution is -0.151. The molecule has 1 saturated heterocycles. The van der Waals surface area contributed by atoms with Crippen LogP contribution in [-0.2, 0) is 19.1 Å². The summed E-state index contributed by atoms with van der Waals surface area (Å²) in [6, 6.07) is 0. The maximum absolute atomic E-state index is 11.4. The molecule has 0 aromatic heterocycles. The number of hydrogen-bond acceptors (Lipinski definition) is 5. The summed E-state index contributed by atoms with van der Waals surface area (Å²) in [4.78, 5) is 22.6. The van der Waals surface area contributed by atoms with Gasteiger partial charge in [0.1, 0.15) is 6.10 Å². The van der Waals surface area contributed by atoms with Gasteiger partial charge in [-0.1, -0.05) is 0 Å². The lowest BCUT2D eigenvalue weighted by atomic mass is 10.1. The standard InChI is InChI=1S/C13H22O5/c14-9-3-4-10-17-12(15)8-7-11-5-1-2-6-13(16)18-11/h11,14H,1-10H2. The number of ether oxygens (including phenoxy) is 2. The summed E-state index contributed by atoms with van der Waals surface area (Å²) in [6.07, 6.45) is 5.20. The quantitative estimate of drug-likeness (QED) is 0.554. The van der Waals surface area contributed by atoms with Crippen LogP contribution in [0.5, 0.6) is 0 Å². The Labute approximate surface area is 107 Å². The number of aliphatic hydroxyl groups excluding tert-OH is 1. The molecule has 1 aliphatic rings. The van der Waals surface area contributed by atoms with E-state index in [1.807, 2.05) is 0 Å². The number of aliphatic hydroxyl groups is 1. The molecule has 0 bridgehead atoms. The maximum atomic E-state index is 11.4. The van der Waals surface area contributed by atoms with Crippen LogP contribution in [0.15, 0.2) is 0 Å². The van der Waals surface area contributed by atoms with E-state index in [-0.39, 0.29) is 31.1 Å². The predicted octanol–water partition coefficient (Wildman–Crippen LogP) is 1.57. The van der Waals surface area contributed by atoms with Crippen molar-refractivity contribution in [3.63, 3.8) is 0 Å². The second-order valence-corrected chi connectivity index (χ2v) is 4.55. The highest BCUT2D eigenvalue weighted by molar-refractivity contribution is 5.70. The highest BCUT2D eigenvalue weighted by Crippen LogP contribution is 2.18. The zero-order valence-electron chi connectivity index (χ0n) is 10.7. The summed E-state index contributed by atoms with van der Waals surface area (Å²) in [5, 5.41) is 8.57. The van der Waals surface area contributed by atoms with E-state index in [1.165, 1.54) is 0 Å². The first kappa shape index (κ1) is 15.0. The van der Waals surface area contributed by atoms with Crippen molar-refractivity contribution >= 4 is 11.9 Å². The minimum atomic E-state index is -0.256. The van der Waals surface area contributed by atoms with Gasteiger partial charge >= 0.3 is 11.9 Å². The molecule has 1 unspecified atom stereocenters. The van der Waals surface area contributed by atoms with Crippen LogP contribution in [0.4, 0.5) is 0 Å². The molecular formula is C13H22O5. The Morgan fingerprint density at radius 3 is 3.00 bits per heavy atom. The van der Waals surface area contributed by atoms with Gasteiger partial charge in [-0.2, -0.15) is 0 Å². The van der Waals surface area contributed by atoms with Gasteiger partial charge in [-0.05, 0) is 38.5 Å². The monoisotopic (exact) mass is 258 g/mol. The van der Waals surface area contributed by atoms with Gasteiger partial charge < -0.3 is 14.6 Å². The maximum Gasteiger partial charge on any atom is 0.306 e. The van der Waals surface area contributed by atoms with Crippen LogP contribution < -0.4 is 0 Å². The third kappa shape index (κ3) is 6.59. The molecule has 5 nitrogen and oxygen atoms in total. The predicted molar refractivity (Wildman–Crippen MR) is 64.9 cm³/mol. The number of cyclic esters (lactones) is 1. The Morgan fingerprint density at radius 1 is 1.39 bits per heavy atom. The Hall–Kier alpha value is -1.10. The van der Waals surface area contributed by atoms with Gasteiger partial charge in [0.25, 0.3) is 0 Å². The summed E-state index contributed by atoms with van der Waals surface area (Å²) in [5.74, 6) is -0.415. The zero-order chi connectivity index (χ0) is 13.2. The van der Waals surface area contributed by atoms with Gasteiger partial charge in [0, 0.05) is 19.4 Å². The molecule has 0 aliphatic carbocycles. The van der Waals surface area contributed by atoms with Crippen molar-refractivity contribution in [2.45, 2.75) is 57.5 Å². The van der Waals surface area contributed by atoms with Crippen LogP contribution in [0.3, 0.4) is 0 Å². The van der Waals surface area contributed by atoms with Crippen molar-refractivity contribution in [2.75, 3.05) is 13.2 Å². The highest BCUT2D eigenvalue weighted by atomic mass is 16.5. The second kappa shape index (κ2) is 8.91. The summed E-state index contributed by atoms with van der Waals surface area (Å²) >= 11 is 0. The lowest BCUT2D eigenvalue weighted by Gasteiger charge is -2.14. The Bertz CT molecular complexity index is 264. The second-order valence-electron chi connectivity index (χ2n) is 4.55. The van der Waals surface area contributed by atoms with Crippen LogP contribution in [0.25, 0.3) is 0 Å². The average molecular weight is 258 g/mol. The number of carbonyl (C=O) groups excluding carboxylic acids is 2. The fourth-order valence-corrected chi connectivity index (χ4v) is 1.90. The SMILES string of the molecule is O=C(CCC1CCCCC(=O)O1)OCCCCO. The van der Waals surface area contributed by atoms with Crippen LogP contribution in [-0.4, -0.2) is 36.4 Å². The van der Waals surface area contributed by atoms with E-state index in [0.717, 1.165) is 19.3 Å². The molecule has 0 spiro atoms. The van der Waals surface area contributed by atoms with Gasteiger partial charge in [-0.15, -0.1) is 0 Å². The van der Waals surface area contributed by atoms with E-state index < -0.39 is 0 Å². The van der Waals surface area contributed by atoms with Gasteiger partial charge in [-0.3, -0.25) is 9.59 Å². The summed E-state index contributed by atoms with van der Waals surface area (Å²) < 4.78 is 10.2. The van der Waals surface area contributed by atoms with Crippen LogP contribution >= 0.6 is 0 Å². The molecular weight excluding hydrogens is 236 g/mol. The van der Waals surface area contributed by atoms with E-state index in [4.69, 9.17) is 14.6 Å². The topological polar surface area (TPSA) is 72.8 Å². The molecule has 0 aromatic carbocycles. The van der Waals surface area contributed by atoms with Crippen molar-refractivity contribution < 1.29 is 24.2 Å². The number of carbonyl (C=O) groups is 2. The van der Waals surface area contributed by atoms with Crippen LogP contribution in [0, 0.1) is 0 Å². The first-order valence-corrected chi connectivity index (χ1v) is 6.68. The van der Waals surface area contributed by atoms with Crippen molar-refractivity contribution in [2.24, 2.45) is 0 Å². The summed E-state index contributed by atoms with van der Waals surface area (Å²) in [7, 11) is 0. The van der Waals surface area contributed by atoms with E-state index in [9.17, 15) is 9.59 Å². The molecule has 104 valence electrons. The van der Waals surface area contributed by atoms with Crippen molar-refractivity contribution in [1.29, 1.82) is 0 Å². The van der Waals surface area contributed by atoms with Crippen molar-refractivity contribution in [3.8, 4) is 0 Å². The first-order chi connectivity index (χ1) is 8.72. The molecule has 0 amide bonds. The Kier molecular flexibility index (Phi) is 7.41. The fraction of sp³-hybridized carbons (Fsp3) is 0.846. The van der Waals surface area contributed by atoms with Crippen LogP contribution in [0.1, 0.15) is 51.4 Å². The minimum Gasteiger partial charge on any atom is -0.466 e. The number of esters is 2. The fourth-order valence-electron chi connectivity index (χ4n) is 1.90. The average Bonchev–Trinajstić information content (AvgIpc) is 2.56. The molecule has 0 radical (unpaired) electrons. The minimum absolute atomic E-state index is 0.121. The smallest absolute Gasteiger partial charge is 0.306 e. The molecule has 1 N–H and O–H groups in total. The summed E-state index contributed by atoms with van der Waals surface area (Å²) in [5.41, 5.74) is 0. The van der Waals surface area contributed by atoms with Crippen molar-refractivity contribution in [1.82, 2.24) is 0 Å². The Morgan fingerprint density at radius 2 is 2.22 bits per heavy atom. The van der Waals surface area contributed by atoms with E-state index >= 15 is 0 Å². The largest absolute Gasteiger partial charge is 0.466 e. The number of rotatable bonds is 7. The van der Waals surface area contributed by atoms with E-state index in [1.54, 1.807) is 0 Å². The Balaban J connectivity index is 2.11. The van der Waals surface area contributed by atoms with Crippen LogP contribution in [0.2, 0.25) is 0 Å². The first-order valence-electron chi connectivity index (χ1n) is 6.68. The number of hydrogen-bond donors (Lipinski definition) is 1. The third-order valence-corrected chi connectivity index (χ3v) is 2.94. The molecule has 1 heterocycles. The molecule has 0 aromatic rings. The van der Waals surface area contributed by atoms with Gasteiger partial charge in [0.05, 0.1) is 6.61 Å². The molecule has 1 aliphatic heterocycles. The van der Waals surface area contributed by atoms with E-state index in [2.05, 4.69) is 0 Å². The molecule has 1 rings (SSSR count). The molecule has 18 heavy (non-hydrogen) atoms. The summed E-state index contributed by atoms with van der Waals surface area (Å²) in [6.45, 7) is 0.472. The van der Waals surface area contributed by atoms with Gasteiger partial charge in [-0.25, -0.2) is 0 Å². The highest BCUT2D eigenvalue weighted by Gasteiger charge is 2.19. The van der Waals surface area contributed by atoms with Gasteiger partial charge in [0.2, 0.25) is 0 Å². The molecule has 0 saturated carbocycles. The third-order valence-electron chi connectivity index (χ3n) is 2.94. The molecule has 1 fully saturated rings. The van der Waals surface area contributed by atoms with Gasteiger partial charge in [0.15, 0.2) is 0 Å². The number of unbranched alkanes of at least 4 members (excludes halogenated alkanes) is 1.